The fraction of sp³-hybridized carbons (Fsp3) is 0.333. The molecule has 0 N–H and O–H groups in total. The van der Waals surface area contributed by atoms with Crippen molar-refractivity contribution in [2.45, 2.75) is 37.5 Å². The van der Waals surface area contributed by atoms with E-state index in [4.69, 9.17) is 0 Å². The van der Waals surface area contributed by atoms with Crippen molar-refractivity contribution >= 4 is 0 Å². The minimum absolute atomic E-state index is 0.324. The summed E-state index contributed by atoms with van der Waals surface area (Å²) in [5.74, 6) is 0. The van der Waals surface area contributed by atoms with E-state index in [0.29, 0.717) is 5.41 Å². The molecule has 0 aromatic heterocycles. The zero-order valence-corrected chi connectivity index (χ0v) is 11.1. The first-order valence-electron chi connectivity index (χ1n) is 6.80. The van der Waals surface area contributed by atoms with Crippen LogP contribution in [0.25, 0.3) is 0 Å². The topological polar surface area (TPSA) is 0 Å². The largest absolute Gasteiger partial charge is 0.0991 e. The molecule has 0 bridgehead atoms. The minimum atomic E-state index is 0.324. The zero-order valence-electron chi connectivity index (χ0n) is 11.1. The van der Waals surface area contributed by atoms with Crippen LogP contribution in [0.5, 0.6) is 0 Å². The lowest BCUT2D eigenvalue weighted by molar-refractivity contribution is 0.439. The van der Waals surface area contributed by atoms with Gasteiger partial charge < -0.3 is 0 Å². The molecule has 18 heavy (non-hydrogen) atoms. The fourth-order valence-electron chi connectivity index (χ4n) is 3.15. The Hall–Kier alpha value is -1.56. The Morgan fingerprint density at radius 2 is 1.78 bits per heavy atom. The summed E-state index contributed by atoms with van der Waals surface area (Å²) in [6.45, 7) is 7.72. The SMILES string of the molecule is C=C/C=C(/C=C)CC1(c2ccccc2)CCCC1. The molecule has 0 saturated heterocycles. The highest BCUT2D eigenvalue weighted by Crippen LogP contribution is 2.45. The van der Waals surface area contributed by atoms with E-state index < -0.39 is 0 Å². The molecular formula is C18H22. The highest BCUT2D eigenvalue weighted by atomic mass is 14.4. The van der Waals surface area contributed by atoms with Gasteiger partial charge in [0, 0.05) is 0 Å². The minimum Gasteiger partial charge on any atom is -0.0991 e. The quantitative estimate of drug-likeness (QED) is 0.619. The summed E-state index contributed by atoms with van der Waals surface area (Å²) in [7, 11) is 0. The average Bonchev–Trinajstić information content (AvgIpc) is 2.89. The number of allylic oxidation sites excluding steroid dienone is 4. The van der Waals surface area contributed by atoms with E-state index in [1.807, 2.05) is 12.2 Å². The first-order chi connectivity index (χ1) is 8.80. The number of rotatable bonds is 5. The summed E-state index contributed by atoms with van der Waals surface area (Å²) >= 11 is 0. The summed E-state index contributed by atoms with van der Waals surface area (Å²) in [5, 5.41) is 0. The van der Waals surface area contributed by atoms with Crippen molar-refractivity contribution in [2.75, 3.05) is 0 Å². The molecule has 0 unspecified atom stereocenters. The summed E-state index contributed by atoms with van der Waals surface area (Å²) in [5.41, 5.74) is 3.11. The van der Waals surface area contributed by atoms with Gasteiger partial charge in [0.15, 0.2) is 0 Å². The lowest BCUT2D eigenvalue weighted by Gasteiger charge is -2.30. The van der Waals surface area contributed by atoms with E-state index >= 15 is 0 Å². The van der Waals surface area contributed by atoms with Crippen molar-refractivity contribution in [1.29, 1.82) is 0 Å². The predicted molar refractivity (Wildman–Crippen MR) is 79.7 cm³/mol. The first kappa shape index (κ1) is 12.9. The highest BCUT2D eigenvalue weighted by molar-refractivity contribution is 5.32. The van der Waals surface area contributed by atoms with Crippen LogP contribution in [0.2, 0.25) is 0 Å². The van der Waals surface area contributed by atoms with Gasteiger partial charge in [-0.3, -0.25) is 0 Å². The maximum atomic E-state index is 3.93. The molecule has 1 aromatic rings. The molecular weight excluding hydrogens is 216 g/mol. The molecule has 1 fully saturated rings. The lowest BCUT2D eigenvalue weighted by Crippen LogP contribution is -2.22. The summed E-state index contributed by atoms with van der Waals surface area (Å²) < 4.78 is 0. The Kier molecular flexibility index (Phi) is 4.19. The monoisotopic (exact) mass is 238 g/mol. The Morgan fingerprint density at radius 1 is 1.11 bits per heavy atom. The molecule has 0 heterocycles. The van der Waals surface area contributed by atoms with Crippen LogP contribution in [0, 0.1) is 0 Å². The third-order valence-electron chi connectivity index (χ3n) is 4.08. The van der Waals surface area contributed by atoms with Crippen LogP contribution in [0.4, 0.5) is 0 Å². The van der Waals surface area contributed by atoms with Crippen molar-refractivity contribution in [3.8, 4) is 0 Å². The van der Waals surface area contributed by atoms with Crippen molar-refractivity contribution in [3.63, 3.8) is 0 Å². The van der Waals surface area contributed by atoms with Crippen molar-refractivity contribution in [2.24, 2.45) is 0 Å². The van der Waals surface area contributed by atoms with Gasteiger partial charge in [-0.05, 0) is 35.8 Å². The van der Waals surface area contributed by atoms with Crippen LogP contribution in [0.1, 0.15) is 37.7 Å². The van der Waals surface area contributed by atoms with Crippen LogP contribution in [-0.2, 0) is 5.41 Å². The second kappa shape index (κ2) is 5.86. The van der Waals surface area contributed by atoms with Gasteiger partial charge in [-0.15, -0.1) is 0 Å². The third-order valence-corrected chi connectivity index (χ3v) is 4.08. The van der Waals surface area contributed by atoms with Crippen molar-refractivity contribution in [3.05, 3.63) is 72.9 Å². The Labute approximate surface area is 111 Å². The molecule has 0 heteroatoms. The molecule has 0 radical (unpaired) electrons. The number of benzene rings is 1. The Balaban J connectivity index is 2.30. The maximum Gasteiger partial charge on any atom is -0.000666 e. The Morgan fingerprint density at radius 3 is 2.33 bits per heavy atom. The summed E-state index contributed by atoms with van der Waals surface area (Å²) in [4.78, 5) is 0. The first-order valence-corrected chi connectivity index (χ1v) is 6.80. The number of hydrogen-bond acceptors (Lipinski definition) is 0. The van der Waals surface area contributed by atoms with Crippen molar-refractivity contribution in [1.82, 2.24) is 0 Å². The molecule has 1 aromatic carbocycles. The molecule has 1 aliphatic rings. The van der Waals surface area contributed by atoms with Crippen LogP contribution in [0.3, 0.4) is 0 Å². The molecule has 0 aliphatic heterocycles. The van der Waals surface area contributed by atoms with E-state index in [1.165, 1.54) is 36.8 Å². The fourth-order valence-corrected chi connectivity index (χ4v) is 3.15. The van der Waals surface area contributed by atoms with Gasteiger partial charge in [-0.25, -0.2) is 0 Å². The smallest absolute Gasteiger partial charge is 0.000666 e. The molecule has 0 nitrogen and oxygen atoms in total. The van der Waals surface area contributed by atoms with E-state index in [-0.39, 0.29) is 0 Å². The van der Waals surface area contributed by atoms with Gasteiger partial charge in [0.25, 0.3) is 0 Å². The van der Waals surface area contributed by atoms with Crippen LogP contribution in [-0.4, -0.2) is 0 Å². The predicted octanol–water partition coefficient (Wildman–Crippen LogP) is 5.19. The molecule has 94 valence electrons. The Bertz CT molecular complexity index is 430. The van der Waals surface area contributed by atoms with Crippen molar-refractivity contribution < 1.29 is 0 Å². The molecule has 0 atom stereocenters. The lowest BCUT2D eigenvalue weighted by atomic mass is 9.74. The standard InChI is InChI=1S/C18H22/c1-3-10-16(4-2)15-18(13-8-9-14-18)17-11-6-5-7-12-17/h3-7,10-12H,1-2,8-9,13-15H2/b16-10-. The van der Waals surface area contributed by atoms with Crippen LogP contribution in [0.15, 0.2) is 67.3 Å². The van der Waals surface area contributed by atoms with Crippen LogP contribution >= 0.6 is 0 Å². The maximum absolute atomic E-state index is 3.93. The molecule has 1 aliphatic carbocycles. The zero-order chi connectivity index (χ0) is 12.8. The van der Waals surface area contributed by atoms with Gasteiger partial charge in [0.05, 0.1) is 0 Å². The average molecular weight is 238 g/mol. The van der Waals surface area contributed by atoms with Gasteiger partial charge in [-0.1, -0.05) is 74.6 Å². The van der Waals surface area contributed by atoms with E-state index in [2.05, 4.69) is 49.6 Å². The van der Waals surface area contributed by atoms with Gasteiger partial charge in [-0.2, -0.15) is 0 Å². The molecule has 0 spiro atoms. The van der Waals surface area contributed by atoms with Gasteiger partial charge >= 0.3 is 0 Å². The summed E-state index contributed by atoms with van der Waals surface area (Å²) in [6, 6.07) is 11.0. The molecule has 2 rings (SSSR count). The molecule has 1 saturated carbocycles. The highest BCUT2D eigenvalue weighted by Gasteiger charge is 2.35. The third kappa shape index (κ3) is 2.64. The second-order valence-corrected chi connectivity index (χ2v) is 5.21. The van der Waals surface area contributed by atoms with E-state index in [1.54, 1.807) is 0 Å². The van der Waals surface area contributed by atoms with Crippen LogP contribution < -0.4 is 0 Å². The molecule has 0 amide bonds. The van der Waals surface area contributed by atoms with E-state index in [9.17, 15) is 0 Å². The number of hydrogen-bond donors (Lipinski definition) is 0. The normalized spacial score (nSPS) is 18.6. The van der Waals surface area contributed by atoms with E-state index in [0.717, 1.165) is 6.42 Å². The van der Waals surface area contributed by atoms with Gasteiger partial charge in [0.1, 0.15) is 0 Å². The van der Waals surface area contributed by atoms with Gasteiger partial charge in [0.2, 0.25) is 0 Å². The second-order valence-electron chi connectivity index (χ2n) is 5.21. The summed E-state index contributed by atoms with van der Waals surface area (Å²) in [6.07, 6.45) is 12.3.